The van der Waals surface area contributed by atoms with Crippen LogP contribution in [0, 0.1) is 0 Å². The summed E-state index contributed by atoms with van der Waals surface area (Å²) >= 11 is 1.63. The summed E-state index contributed by atoms with van der Waals surface area (Å²) in [5.74, 6) is 0.00727. The number of nitrogens with zero attached hydrogens (tertiary/aromatic N) is 2. The lowest BCUT2D eigenvalue weighted by Crippen LogP contribution is -2.40. The third-order valence-corrected chi connectivity index (χ3v) is 5.96. The topological polar surface area (TPSA) is 44.8 Å². The summed E-state index contributed by atoms with van der Waals surface area (Å²) in [6.07, 6.45) is 2.02. The van der Waals surface area contributed by atoms with Crippen LogP contribution in [0.4, 0.5) is 11.4 Å². The molecule has 150 valence electrons. The van der Waals surface area contributed by atoms with Crippen molar-refractivity contribution in [3.05, 3.63) is 54.1 Å². The Morgan fingerprint density at radius 2 is 1.86 bits per heavy atom. The van der Waals surface area contributed by atoms with Gasteiger partial charge in [0, 0.05) is 30.2 Å². The number of para-hydroxylation sites is 2. The van der Waals surface area contributed by atoms with Gasteiger partial charge in [-0.1, -0.05) is 30.3 Å². The molecule has 5 nitrogen and oxygen atoms in total. The van der Waals surface area contributed by atoms with Gasteiger partial charge in [-0.2, -0.15) is 0 Å². The van der Waals surface area contributed by atoms with Gasteiger partial charge in [-0.15, -0.1) is 11.8 Å². The predicted molar refractivity (Wildman–Crippen MR) is 117 cm³/mol. The second-order valence-electron chi connectivity index (χ2n) is 7.01. The van der Waals surface area contributed by atoms with Crippen molar-refractivity contribution in [3.63, 3.8) is 0 Å². The Morgan fingerprint density at radius 1 is 1.18 bits per heavy atom. The number of benzene rings is 2. The molecule has 3 rings (SSSR count). The molecule has 1 fully saturated rings. The molecule has 1 atom stereocenters. The minimum Gasteiger partial charge on any atom is -0.378 e. The van der Waals surface area contributed by atoms with E-state index in [0.717, 1.165) is 36.9 Å². The van der Waals surface area contributed by atoms with Gasteiger partial charge in [-0.25, -0.2) is 0 Å². The lowest BCUT2D eigenvalue weighted by atomic mass is 10.1. The fourth-order valence-corrected chi connectivity index (χ4v) is 3.90. The van der Waals surface area contributed by atoms with Crippen LogP contribution in [0.25, 0.3) is 0 Å². The van der Waals surface area contributed by atoms with Gasteiger partial charge in [-0.05, 0) is 44.0 Å². The fraction of sp³-hybridized carbons (Fsp3) is 0.409. The third kappa shape index (κ3) is 5.07. The Labute approximate surface area is 172 Å². The number of anilines is 2. The van der Waals surface area contributed by atoms with Crippen molar-refractivity contribution in [3.8, 4) is 0 Å². The zero-order valence-electron chi connectivity index (χ0n) is 16.9. The average molecular weight is 400 g/mol. The number of thioether (sulfide) groups is 1. The van der Waals surface area contributed by atoms with E-state index in [1.54, 1.807) is 11.8 Å². The maximum absolute atomic E-state index is 12.8. The number of likely N-dealkylation sites (N-methyl/N-ethyl adjacent to an activating group) is 1. The molecule has 0 radical (unpaired) electrons. The van der Waals surface area contributed by atoms with Crippen molar-refractivity contribution in [1.82, 2.24) is 4.90 Å². The first-order valence-electron chi connectivity index (χ1n) is 9.65. The van der Waals surface area contributed by atoms with Crippen LogP contribution < -0.4 is 10.2 Å². The Bertz CT molecular complexity index is 793. The SMILES string of the molecule is CSc1ccccc1NC(=O)[C@@H](C)N(C)Cc1ccccc1N1CCOCC1. The van der Waals surface area contributed by atoms with Gasteiger partial charge in [-0.3, -0.25) is 9.69 Å². The van der Waals surface area contributed by atoms with Crippen LogP contribution in [0.2, 0.25) is 0 Å². The van der Waals surface area contributed by atoms with Crippen LogP contribution in [0.3, 0.4) is 0 Å². The number of amides is 1. The van der Waals surface area contributed by atoms with Gasteiger partial charge in [0.1, 0.15) is 0 Å². The summed E-state index contributed by atoms with van der Waals surface area (Å²) in [6.45, 7) is 6.00. The number of ether oxygens (including phenoxy) is 1. The molecule has 1 amide bonds. The van der Waals surface area contributed by atoms with Crippen molar-refractivity contribution in [1.29, 1.82) is 0 Å². The van der Waals surface area contributed by atoms with Gasteiger partial charge in [0.15, 0.2) is 0 Å². The zero-order valence-corrected chi connectivity index (χ0v) is 17.7. The molecule has 2 aromatic carbocycles. The molecular formula is C22H29N3O2S. The molecule has 0 aromatic heterocycles. The van der Waals surface area contributed by atoms with E-state index < -0.39 is 0 Å². The molecule has 0 aliphatic carbocycles. The summed E-state index contributed by atoms with van der Waals surface area (Å²) in [6, 6.07) is 16.1. The first-order valence-corrected chi connectivity index (χ1v) is 10.9. The van der Waals surface area contributed by atoms with Crippen molar-refractivity contribution in [2.45, 2.75) is 24.4 Å². The van der Waals surface area contributed by atoms with Crippen molar-refractivity contribution in [2.24, 2.45) is 0 Å². The summed E-state index contributed by atoms with van der Waals surface area (Å²) in [4.78, 5) is 18.3. The van der Waals surface area contributed by atoms with Gasteiger partial charge in [0.2, 0.25) is 5.91 Å². The molecule has 0 spiro atoms. The fourth-order valence-electron chi connectivity index (χ4n) is 3.35. The van der Waals surface area contributed by atoms with E-state index in [0.29, 0.717) is 6.54 Å². The van der Waals surface area contributed by atoms with E-state index in [9.17, 15) is 4.79 Å². The second-order valence-corrected chi connectivity index (χ2v) is 7.86. The van der Waals surface area contributed by atoms with Gasteiger partial charge in [0.25, 0.3) is 0 Å². The minimum absolute atomic E-state index is 0.00727. The standard InChI is InChI=1S/C22H29N3O2S/c1-17(22(26)23-19-9-5-7-11-21(19)28-3)24(2)16-18-8-4-6-10-20(18)25-12-14-27-15-13-25/h4-11,17H,12-16H2,1-3H3,(H,23,26)/t17-/m1/s1. The van der Waals surface area contributed by atoms with Crippen LogP contribution in [0.15, 0.2) is 53.4 Å². The van der Waals surface area contributed by atoms with Crippen molar-refractivity contribution < 1.29 is 9.53 Å². The first-order chi connectivity index (χ1) is 13.6. The lowest BCUT2D eigenvalue weighted by Gasteiger charge is -2.32. The highest BCUT2D eigenvalue weighted by molar-refractivity contribution is 7.98. The number of carbonyl (C=O) groups is 1. The number of rotatable bonds is 7. The van der Waals surface area contributed by atoms with Crippen LogP contribution in [0.1, 0.15) is 12.5 Å². The largest absolute Gasteiger partial charge is 0.378 e. The van der Waals surface area contributed by atoms with Crippen LogP contribution in [0.5, 0.6) is 0 Å². The summed E-state index contributed by atoms with van der Waals surface area (Å²) in [5.41, 5.74) is 3.34. The Kier molecular flexibility index (Phi) is 7.36. The highest BCUT2D eigenvalue weighted by Crippen LogP contribution is 2.26. The summed E-state index contributed by atoms with van der Waals surface area (Å²) in [7, 11) is 2.00. The molecule has 6 heteroatoms. The van der Waals surface area contributed by atoms with Crippen LogP contribution in [-0.4, -0.2) is 56.5 Å². The van der Waals surface area contributed by atoms with Gasteiger partial charge < -0.3 is 15.0 Å². The molecule has 1 heterocycles. The third-order valence-electron chi connectivity index (χ3n) is 5.17. The lowest BCUT2D eigenvalue weighted by molar-refractivity contribution is -0.120. The van der Waals surface area contributed by atoms with E-state index in [1.807, 2.05) is 44.5 Å². The number of morpholine rings is 1. The number of carbonyl (C=O) groups excluding carboxylic acids is 1. The molecule has 0 unspecified atom stereocenters. The maximum atomic E-state index is 12.8. The molecule has 1 aliphatic rings. The van der Waals surface area contributed by atoms with Gasteiger partial charge in [0.05, 0.1) is 24.9 Å². The van der Waals surface area contributed by atoms with E-state index in [1.165, 1.54) is 11.3 Å². The van der Waals surface area contributed by atoms with E-state index in [4.69, 9.17) is 4.74 Å². The van der Waals surface area contributed by atoms with Crippen molar-refractivity contribution in [2.75, 3.05) is 49.8 Å². The Morgan fingerprint density at radius 3 is 2.61 bits per heavy atom. The van der Waals surface area contributed by atoms with E-state index >= 15 is 0 Å². The number of nitrogens with one attached hydrogen (secondary N) is 1. The normalized spacial score (nSPS) is 15.5. The molecule has 1 N–H and O–H groups in total. The van der Waals surface area contributed by atoms with Crippen LogP contribution in [-0.2, 0) is 16.1 Å². The molecule has 1 aliphatic heterocycles. The van der Waals surface area contributed by atoms with E-state index in [2.05, 4.69) is 39.4 Å². The predicted octanol–water partition coefficient (Wildman–Crippen LogP) is 3.70. The van der Waals surface area contributed by atoms with E-state index in [-0.39, 0.29) is 11.9 Å². The number of hydrogen-bond donors (Lipinski definition) is 1. The quantitative estimate of drug-likeness (QED) is 0.719. The highest BCUT2D eigenvalue weighted by atomic mass is 32.2. The summed E-state index contributed by atoms with van der Waals surface area (Å²) < 4.78 is 5.48. The molecule has 0 saturated carbocycles. The number of hydrogen-bond acceptors (Lipinski definition) is 5. The average Bonchev–Trinajstić information content (AvgIpc) is 2.74. The Balaban J connectivity index is 1.67. The Hall–Kier alpha value is -2.02. The minimum atomic E-state index is -0.243. The highest BCUT2D eigenvalue weighted by Gasteiger charge is 2.21. The summed E-state index contributed by atoms with van der Waals surface area (Å²) in [5, 5.41) is 3.08. The van der Waals surface area contributed by atoms with Gasteiger partial charge >= 0.3 is 0 Å². The van der Waals surface area contributed by atoms with Crippen molar-refractivity contribution >= 4 is 29.0 Å². The zero-order chi connectivity index (χ0) is 19.9. The molecule has 1 saturated heterocycles. The first kappa shape index (κ1) is 20.7. The second kappa shape index (κ2) is 9.96. The molecule has 2 aromatic rings. The maximum Gasteiger partial charge on any atom is 0.241 e. The molecular weight excluding hydrogens is 370 g/mol. The monoisotopic (exact) mass is 399 g/mol. The smallest absolute Gasteiger partial charge is 0.241 e. The van der Waals surface area contributed by atoms with Crippen LogP contribution >= 0.6 is 11.8 Å². The molecule has 0 bridgehead atoms. The molecule has 28 heavy (non-hydrogen) atoms.